The predicted octanol–water partition coefficient (Wildman–Crippen LogP) is 4.30. The number of likely N-dealkylation sites (tertiary alicyclic amines) is 1. The number of hydrogen-bond acceptors (Lipinski definition) is 4. The highest BCUT2D eigenvalue weighted by Gasteiger charge is 2.72. The van der Waals surface area contributed by atoms with E-state index in [-0.39, 0.29) is 17.9 Å². The van der Waals surface area contributed by atoms with Crippen molar-refractivity contribution >= 4 is 10.9 Å². The van der Waals surface area contributed by atoms with Gasteiger partial charge in [-0.3, -0.25) is 4.90 Å². The summed E-state index contributed by atoms with van der Waals surface area (Å²) in [4.78, 5) is 6.27. The fraction of sp³-hybridized carbons (Fsp3) is 0.448. The number of H-pyrrole nitrogens is 1. The number of phenolic OH excluding ortho intramolecular Hbond substituents is 1. The van der Waals surface area contributed by atoms with Crippen molar-refractivity contribution in [2.45, 2.75) is 61.7 Å². The second kappa shape index (κ2) is 6.27. The van der Waals surface area contributed by atoms with Crippen LogP contribution in [0.3, 0.4) is 0 Å². The number of aromatic hydroxyl groups is 1. The first kappa shape index (κ1) is 19.5. The van der Waals surface area contributed by atoms with Crippen LogP contribution in [0.25, 0.3) is 10.9 Å². The Kier molecular flexibility index (Phi) is 3.60. The first-order valence-corrected chi connectivity index (χ1v) is 12.8. The SMILES string of the molecule is C=CCc1ccc2[nH]c3c(c2c1)C[C@@]1(O)C2Cc4ccc(O)c5c4[C@@]1(CCN2CC1CC1)C3O5. The van der Waals surface area contributed by atoms with Crippen LogP contribution in [0.5, 0.6) is 11.5 Å². The quantitative estimate of drug-likeness (QED) is 0.514. The van der Waals surface area contributed by atoms with Gasteiger partial charge in [0, 0.05) is 35.5 Å². The molecule has 1 saturated heterocycles. The van der Waals surface area contributed by atoms with Gasteiger partial charge in [-0.1, -0.05) is 18.2 Å². The minimum Gasteiger partial charge on any atom is -0.504 e. The molecule has 3 aliphatic carbocycles. The number of phenols is 1. The Morgan fingerprint density at radius 3 is 2.94 bits per heavy atom. The first-order chi connectivity index (χ1) is 16.5. The smallest absolute Gasteiger partial charge is 0.166 e. The Morgan fingerprint density at radius 1 is 1.24 bits per heavy atom. The molecule has 1 spiro atoms. The lowest BCUT2D eigenvalue weighted by atomic mass is 9.49. The topological polar surface area (TPSA) is 68.7 Å². The molecule has 1 saturated carbocycles. The fourth-order valence-corrected chi connectivity index (χ4v) is 7.96. The number of rotatable bonds is 4. The van der Waals surface area contributed by atoms with Crippen LogP contribution in [0.15, 0.2) is 43.0 Å². The van der Waals surface area contributed by atoms with E-state index in [0.29, 0.717) is 12.2 Å². The van der Waals surface area contributed by atoms with Gasteiger partial charge in [0.05, 0.1) is 16.7 Å². The average molecular weight is 455 g/mol. The Balaban J connectivity index is 1.39. The maximum Gasteiger partial charge on any atom is 0.166 e. The number of aromatic nitrogens is 1. The summed E-state index contributed by atoms with van der Waals surface area (Å²) in [6, 6.07) is 10.5. The zero-order valence-corrected chi connectivity index (χ0v) is 19.3. The zero-order valence-electron chi connectivity index (χ0n) is 19.3. The van der Waals surface area contributed by atoms with Gasteiger partial charge in [0.15, 0.2) is 17.6 Å². The van der Waals surface area contributed by atoms with Crippen molar-refractivity contribution in [1.82, 2.24) is 9.88 Å². The summed E-state index contributed by atoms with van der Waals surface area (Å²) in [5.41, 5.74) is 5.41. The molecular formula is C29H30N2O3. The number of allylic oxidation sites excluding steroid dienone is 1. The van der Waals surface area contributed by atoms with Gasteiger partial charge in [-0.05, 0) is 79.5 Å². The van der Waals surface area contributed by atoms with E-state index in [9.17, 15) is 10.2 Å². The third-order valence-corrected chi connectivity index (χ3v) is 9.61. The number of hydrogen-bond donors (Lipinski definition) is 3. The van der Waals surface area contributed by atoms with Crippen LogP contribution >= 0.6 is 0 Å². The lowest BCUT2D eigenvalue weighted by Crippen LogP contribution is -2.74. The van der Waals surface area contributed by atoms with Gasteiger partial charge in [0.25, 0.3) is 0 Å². The van der Waals surface area contributed by atoms with Crippen molar-refractivity contribution in [3.63, 3.8) is 0 Å². The Morgan fingerprint density at radius 2 is 2.12 bits per heavy atom. The number of nitrogens with one attached hydrogen (secondary N) is 1. The van der Waals surface area contributed by atoms with Gasteiger partial charge in [0.1, 0.15) is 0 Å². The maximum atomic E-state index is 12.9. The van der Waals surface area contributed by atoms with Crippen LogP contribution in [0, 0.1) is 5.92 Å². The van der Waals surface area contributed by atoms with Gasteiger partial charge in [-0.2, -0.15) is 0 Å². The molecule has 3 N–H and O–H groups in total. The number of benzene rings is 2. The predicted molar refractivity (Wildman–Crippen MR) is 130 cm³/mol. The molecule has 0 amide bonds. The van der Waals surface area contributed by atoms with Crippen molar-refractivity contribution < 1.29 is 14.9 Å². The molecule has 2 bridgehead atoms. The Bertz CT molecular complexity index is 1390. The molecule has 1 aromatic heterocycles. The second-order valence-corrected chi connectivity index (χ2v) is 11.3. The van der Waals surface area contributed by atoms with Crippen LogP contribution < -0.4 is 4.74 Å². The number of nitrogens with zero attached hydrogens (tertiary/aromatic N) is 1. The van der Waals surface area contributed by atoms with Gasteiger partial charge in [-0.25, -0.2) is 0 Å². The summed E-state index contributed by atoms with van der Waals surface area (Å²) < 4.78 is 6.66. The minimum atomic E-state index is -0.937. The number of fused-ring (bicyclic) bond motifs is 4. The molecule has 5 nitrogen and oxygen atoms in total. The summed E-state index contributed by atoms with van der Waals surface area (Å²) >= 11 is 0. The molecule has 8 rings (SSSR count). The molecule has 3 heterocycles. The number of aromatic amines is 1. The third kappa shape index (κ3) is 2.19. The number of ether oxygens (including phenoxy) is 1. The van der Waals surface area contributed by atoms with Crippen molar-refractivity contribution in [3.8, 4) is 11.5 Å². The van der Waals surface area contributed by atoms with Crippen molar-refractivity contribution in [2.75, 3.05) is 13.1 Å². The highest BCUT2D eigenvalue weighted by molar-refractivity contribution is 5.87. The summed E-state index contributed by atoms with van der Waals surface area (Å²) in [5, 5.41) is 24.9. The standard InChI is InChI=1S/C29H30N2O3/c1-2-3-16-6-8-21-19(12-16)20-14-29(33)23-13-18-7-9-22(32)26-24(18)28(29,27(34-26)25(20)30-21)10-11-31(23)15-17-4-5-17/h2,6-9,12,17,23,27,30,32-33H,1,3-5,10-11,13-15H2/t23?,27?,28-,29+/m0/s1. The van der Waals surface area contributed by atoms with E-state index < -0.39 is 11.0 Å². The van der Waals surface area contributed by atoms with Gasteiger partial charge in [-0.15, -0.1) is 6.58 Å². The van der Waals surface area contributed by atoms with Crippen LogP contribution in [0.2, 0.25) is 0 Å². The molecule has 2 unspecified atom stereocenters. The monoisotopic (exact) mass is 454 g/mol. The van der Waals surface area contributed by atoms with E-state index >= 15 is 0 Å². The third-order valence-electron chi connectivity index (χ3n) is 9.61. The van der Waals surface area contributed by atoms with E-state index in [4.69, 9.17) is 4.74 Å². The van der Waals surface area contributed by atoms with E-state index in [1.807, 2.05) is 6.08 Å². The summed E-state index contributed by atoms with van der Waals surface area (Å²) in [7, 11) is 0. The van der Waals surface area contributed by atoms with Crippen LogP contribution in [-0.2, 0) is 24.7 Å². The van der Waals surface area contributed by atoms with Crippen LogP contribution in [0.1, 0.15) is 53.3 Å². The highest BCUT2D eigenvalue weighted by Crippen LogP contribution is 2.69. The van der Waals surface area contributed by atoms with Crippen molar-refractivity contribution in [1.29, 1.82) is 0 Å². The van der Waals surface area contributed by atoms with Crippen LogP contribution in [0.4, 0.5) is 0 Å². The van der Waals surface area contributed by atoms with E-state index in [1.54, 1.807) is 6.07 Å². The normalized spacial score (nSPS) is 32.9. The second-order valence-electron chi connectivity index (χ2n) is 11.3. The lowest BCUT2D eigenvalue weighted by molar-refractivity contribution is -0.173. The molecule has 2 aliphatic heterocycles. The van der Waals surface area contributed by atoms with Gasteiger partial charge >= 0.3 is 0 Å². The Hall–Kier alpha value is -2.76. The molecule has 0 radical (unpaired) electrons. The fourth-order valence-electron chi connectivity index (χ4n) is 7.96. The maximum absolute atomic E-state index is 12.9. The lowest BCUT2D eigenvalue weighted by Gasteiger charge is -2.62. The van der Waals surface area contributed by atoms with Crippen molar-refractivity contribution in [2.24, 2.45) is 5.92 Å². The summed E-state index contributed by atoms with van der Waals surface area (Å²) in [6.07, 6.45) is 7.33. The largest absolute Gasteiger partial charge is 0.504 e. The molecule has 4 atom stereocenters. The first-order valence-electron chi connectivity index (χ1n) is 12.8. The molecule has 174 valence electrons. The van der Waals surface area contributed by atoms with Crippen molar-refractivity contribution in [3.05, 3.63) is 70.9 Å². The minimum absolute atomic E-state index is 0.0606. The molecule has 2 aromatic carbocycles. The summed E-state index contributed by atoms with van der Waals surface area (Å²) in [5.74, 6) is 1.56. The molecule has 3 aromatic rings. The van der Waals surface area contributed by atoms with Crippen LogP contribution in [-0.4, -0.2) is 44.8 Å². The number of aliphatic hydroxyl groups is 1. The molecule has 5 heteroatoms. The summed E-state index contributed by atoms with van der Waals surface area (Å²) in [6.45, 7) is 5.96. The molecule has 5 aliphatic rings. The van der Waals surface area contributed by atoms with E-state index in [0.717, 1.165) is 55.0 Å². The Labute approximate surface area is 199 Å². The van der Waals surface area contributed by atoms with Gasteiger partial charge < -0.3 is 19.9 Å². The number of piperidine rings is 1. The molecular weight excluding hydrogens is 424 g/mol. The highest BCUT2D eigenvalue weighted by atomic mass is 16.5. The average Bonchev–Trinajstić information content (AvgIpc) is 3.46. The van der Waals surface area contributed by atoms with E-state index in [1.165, 1.54) is 34.9 Å². The van der Waals surface area contributed by atoms with E-state index in [2.05, 4.69) is 40.7 Å². The van der Waals surface area contributed by atoms with Gasteiger partial charge in [0.2, 0.25) is 0 Å². The molecule has 34 heavy (non-hydrogen) atoms. The zero-order chi connectivity index (χ0) is 22.8. The molecule has 2 fully saturated rings.